The minimum atomic E-state index is -0.543. The normalized spacial score (nSPS) is 16.0. The summed E-state index contributed by atoms with van der Waals surface area (Å²) in [5.74, 6) is -0.601. The van der Waals surface area contributed by atoms with Crippen LogP contribution >= 0.6 is 11.8 Å². The standard InChI is InChI=1S/C16H13N3O4S/c20-15(17-10-4-3-5-11(8-10)19(22)23)9-14-16(21)18-12-6-1-2-7-13(12)24-14/h1-8,14H,9H2,(H,17,20)(H,18,21). The van der Waals surface area contributed by atoms with Crippen LogP contribution in [0.15, 0.2) is 53.4 Å². The number of anilines is 2. The topological polar surface area (TPSA) is 101 Å². The summed E-state index contributed by atoms with van der Waals surface area (Å²) in [5, 5.41) is 15.6. The second-order valence-electron chi connectivity index (χ2n) is 5.15. The Morgan fingerprint density at radius 3 is 2.83 bits per heavy atom. The minimum Gasteiger partial charge on any atom is -0.326 e. The van der Waals surface area contributed by atoms with Crippen LogP contribution in [-0.2, 0) is 9.59 Å². The first kappa shape index (κ1) is 16.0. The van der Waals surface area contributed by atoms with Crippen LogP contribution in [-0.4, -0.2) is 22.0 Å². The predicted octanol–water partition coefficient (Wildman–Crippen LogP) is 3.04. The largest absolute Gasteiger partial charge is 0.326 e. The number of carbonyl (C=O) groups is 2. The molecule has 1 heterocycles. The molecule has 0 bridgehead atoms. The van der Waals surface area contributed by atoms with Crippen LogP contribution in [0, 0.1) is 10.1 Å². The summed E-state index contributed by atoms with van der Waals surface area (Å²) in [7, 11) is 0. The lowest BCUT2D eigenvalue weighted by molar-refractivity contribution is -0.384. The summed E-state index contributed by atoms with van der Waals surface area (Å²) in [6.07, 6.45) is -0.0203. The van der Waals surface area contributed by atoms with Gasteiger partial charge in [0.05, 0.1) is 15.9 Å². The van der Waals surface area contributed by atoms with Crippen molar-refractivity contribution in [2.45, 2.75) is 16.6 Å². The molecule has 122 valence electrons. The van der Waals surface area contributed by atoms with Crippen molar-refractivity contribution in [3.8, 4) is 0 Å². The summed E-state index contributed by atoms with van der Waals surface area (Å²) in [4.78, 5) is 35.4. The number of nitro benzene ring substituents is 1. The van der Waals surface area contributed by atoms with E-state index in [1.807, 2.05) is 18.2 Å². The summed E-state index contributed by atoms with van der Waals surface area (Å²) >= 11 is 1.33. The first-order chi connectivity index (χ1) is 11.5. The average molecular weight is 343 g/mol. The maximum atomic E-state index is 12.1. The molecule has 0 radical (unpaired) electrons. The van der Waals surface area contributed by atoms with E-state index in [9.17, 15) is 19.7 Å². The number of hydrogen-bond acceptors (Lipinski definition) is 5. The van der Waals surface area contributed by atoms with Gasteiger partial charge in [0.25, 0.3) is 5.69 Å². The molecule has 0 fully saturated rings. The number of non-ortho nitro benzene ring substituents is 1. The van der Waals surface area contributed by atoms with Gasteiger partial charge in [0.15, 0.2) is 0 Å². The molecule has 1 aliphatic heterocycles. The van der Waals surface area contributed by atoms with E-state index in [4.69, 9.17) is 0 Å². The predicted molar refractivity (Wildman–Crippen MR) is 91.1 cm³/mol. The maximum Gasteiger partial charge on any atom is 0.271 e. The second kappa shape index (κ2) is 6.71. The van der Waals surface area contributed by atoms with E-state index in [0.29, 0.717) is 5.69 Å². The molecule has 1 atom stereocenters. The highest BCUT2D eigenvalue weighted by Crippen LogP contribution is 2.36. The van der Waals surface area contributed by atoms with Gasteiger partial charge in [0, 0.05) is 29.1 Å². The summed E-state index contributed by atoms with van der Waals surface area (Å²) < 4.78 is 0. The zero-order chi connectivity index (χ0) is 17.1. The molecule has 3 rings (SSSR count). The van der Waals surface area contributed by atoms with E-state index in [0.717, 1.165) is 10.6 Å². The fourth-order valence-corrected chi connectivity index (χ4v) is 3.42. The van der Waals surface area contributed by atoms with Crippen molar-refractivity contribution in [1.82, 2.24) is 0 Å². The van der Waals surface area contributed by atoms with Gasteiger partial charge in [-0.2, -0.15) is 0 Å². The van der Waals surface area contributed by atoms with Gasteiger partial charge in [-0.15, -0.1) is 11.8 Å². The molecule has 7 nitrogen and oxygen atoms in total. The Kier molecular flexibility index (Phi) is 4.48. The van der Waals surface area contributed by atoms with E-state index in [1.54, 1.807) is 12.1 Å². The first-order valence-electron chi connectivity index (χ1n) is 7.14. The lowest BCUT2D eigenvalue weighted by Crippen LogP contribution is -2.32. The van der Waals surface area contributed by atoms with Crippen molar-refractivity contribution in [2.24, 2.45) is 0 Å². The van der Waals surface area contributed by atoms with Crippen LogP contribution in [0.5, 0.6) is 0 Å². The molecule has 2 amide bonds. The number of para-hydroxylation sites is 1. The van der Waals surface area contributed by atoms with Gasteiger partial charge >= 0.3 is 0 Å². The smallest absolute Gasteiger partial charge is 0.271 e. The molecule has 0 aliphatic carbocycles. The van der Waals surface area contributed by atoms with E-state index < -0.39 is 10.2 Å². The Hall–Kier alpha value is -2.87. The first-order valence-corrected chi connectivity index (χ1v) is 8.02. The van der Waals surface area contributed by atoms with Gasteiger partial charge in [-0.25, -0.2) is 0 Å². The van der Waals surface area contributed by atoms with Gasteiger partial charge in [0.1, 0.15) is 0 Å². The molecular formula is C16H13N3O4S. The quantitative estimate of drug-likeness (QED) is 0.656. The lowest BCUT2D eigenvalue weighted by Gasteiger charge is -2.23. The van der Waals surface area contributed by atoms with Gasteiger partial charge in [0.2, 0.25) is 11.8 Å². The van der Waals surface area contributed by atoms with Crippen molar-refractivity contribution < 1.29 is 14.5 Å². The number of carbonyl (C=O) groups excluding carboxylic acids is 2. The van der Waals surface area contributed by atoms with Crippen molar-refractivity contribution in [1.29, 1.82) is 0 Å². The molecule has 0 saturated carbocycles. The second-order valence-corrected chi connectivity index (χ2v) is 6.40. The van der Waals surface area contributed by atoms with Gasteiger partial charge in [-0.1, -0.05) is 18.2 Å². The van der Waals surface area contributed by atoms with Gasteiger partial charge < -0.3 is 10.6 Å². The molecule has 2 aromatic carbocycles. The molecular weight excluding hydrogens is 330 g/mol. The summed E-state index contributed by atoms with van der Waals surface area (Å²) in [6, 6.07) is 13.1. The van der Waals surface area contributed by atoms with Crippen LogP contribution in [0.1, 0.15) is 6.42 Å². The number of rotatable bonds is 4. The van der Waals surface area contributed by atoms with Crippen LogP contribution < -0.4 is 10.6 Å². The number of nitro groups is 1. The third-order valence-electron chi connectivity index (χ3n) is 3.42. The summed E-state index contributed by atoms with van der Waals surface area (Å²) in [5.41, 5.74) is 0.963. The fraction of sp³-hybridized carbons (Fsp3) is 0.125. The summed E-state index contributed by atoms with van der Waals surface area (Å²) in [6.45, 7) is 0. The number of fused-ring (bicyclic) bond motifs is 1. The molecule has 2 N–H and O–H groups in total. The van der Waals surface area contributed by atoms with E-state index >= 15 is 0 Å². The number of nitrogens with zero attached hydrogens (tertiary/aromatic N) is 1. The van der Waals surface area contributed by atoms with Crippen LogP contribution in [0.4, 0.5) is 17.1 Å². The number of amides is 2. The van der Waals surface area contributed by atoms with Crippen LogP contribution in [0.25, 0.3) is 0 Å². The molecule has 0 spiro atoms. The van der Waals surface area contributed by atoms with Crippen molar-refractivity contribution in [3.63, 3.8) is 0 Å². The van der Waals surface area contributed by atoms with E-state index in [2.05, 4.69) is 10.6 Å². The van der Waals surface area contributed by atoms with Crippen molar-refractivity contribution in [3.05, 3.63) is 58.6 Å². The minimum absolute atomic E-state index is 0.0203. The highest BCUT2D eigenvalue weighted by Gasteiger charge is 2.28. The molecule has 2 aromatic rings. The molecule has 24 heavy (non-hydrogen) atoms. The lowest BCUT2D eigenvalue weighted by atomic mass is 10.2. The number of nitrogens with one attached hydrogen (secondary N) is 2. The van der Waals surface area contributed by atoms with Gasteiger partial charge in [-0.3, -0.25) is 19.7 Å². The molecule has 0 saturated heterocycles. The molecule has 1 unspecified atom stereocenters. The third kappa shape index (κ3) is 3.54. The molecule has 8 heteroatoms. The Morgan fingerprint density at radius 2 is 2.04 bits per heavy atom. The third-order valence-corrected chi connectivity index (χ3v) is 4.69. The van der Waals surface area contributed by atoms with Gasteiger partial charge in [-0.05, 0) is 18.2 Å². The van der Waals surface area contributed by atoms with Crippen LogP contribution in [0.2, 0.25) is 0 Å². The monoisotopic (exact) mass is 343 g/mol. The Bertz CT molecular complexity index is 824. The van der Waals surface area contributed by atoms with Crippen molar-refractivity contribution >= 4 is 40.6 Å². The highest BCUT2D eigenvalue weighted by molar-refractivity contribution is 8.01. The number of thioether (sulfide) groups is 1. The maximum absolute atomic E-state index is 12.1. The highest BCUT2D eigenvalue weighted by atomic mass is 32.2. The average Bonchev–Trinajstić information content (AvgIpc) is 2.55. The number of hydrogen-bond donors (Lipinski definition) is 2. The Morgan fingerprint density at radius 1 is 1.25 bits per heavy atom. The molecule has 1 aliphatic rings. The fourth-order valence-electron chi connectivity index (χ4n) is 2.30. The SMILES string of the molecule is O=C(CC1Sc2ccccc2NC1=O)Nc1cccc([N+](=O)[O-])c1. The van der Waals surface area contributed by atoms with E-state index in [-0.39, 0.29) is 23.9 Å². The Labute approximate surface area is 141 Å². The zero-order valence-electron chi connectivity index (χ0n) is 12.4. The number of benzene rings is 2. The van der Waals surface area contributed by atoms with E-state index in [1.165, 1.54) is 30.0 Å². The van der Waals surface area contributed by atoms with Crippen LogP contribution in [0.3, 0.4) is 0 Å². The van der Waals surface area contributed by atoms with Crippen molar-refractivity contribution in [2.75, 3.05) is 10.6 Å². The Balaban J connectivity index is 1.66. The zero-order valence-corrected chi connectivity index (χ0v) is 13.2. The molecule has 0 aromatic heterocycles.